The molecule has 0 atom stereocenters. The van der Waals surface area contributed by atoms with Crippen molar-refractivity contribution in [1.82, 2.24) is 0 Å². The van der Waals surface area contributed by atoms with Gasteiger partial charge in [0.05, 0.1) is 39.6 Å². The number of rotatable bonds is 7. The fourth-order valence-corrected chi connectivity index (χ4v) is 0.451. The van der Waals surface area contributed by atoms with Crippen molar-refractivity contribution in [1.29, 1.82) is 0 Å². The molecule has 4 heteroatoms. The largest absolute Gasteiger partial charge is 0.394 e. The summed E-state index contributed by atoms with van der Waals surface area (Å²) in [5.41, 5.74) is 0. The zero-order valence-corrected chi connectivity index (χ0v) is 9.11. The molecule has 0 aromatic heterocycles. The highest BCUT2D eigenvalue weighted by Gasteiger charge is 1.86. The molecular weight excluding hydrogens is 184 g/mol. The van der Waals surface area contributed by atoms with Crippen LogP contribution in [0.2, 0.25) is 0 Å². The summed E-state index contributed by atoms with van der Waals surface area (Å²) in [4.78, 5) is 0. The molecule has 0 radical (unpaired) electrons. The predicted octanol–water partition coefficient (Wildman–Crippen LogP) is 0.587. The van der Waals surface area contributed by atoms with Crippen LogP contribution in [0.1, 0.15) is 13.8 Å². The first-order valence-electron chi connectivity index (χ1n) is 4.78. The highest BCUT2D eigenvalue weighted by atomic mass is 16.5. The average molecular weight is 206 g/mol. The summed E-state index contributed by atoms with van der Waals surface area (Å²) in [5, 5.41) is 16.5. The number of aliphatic hydroxyl groups excluding tert-OH is 2. The topological polar surface area (TPSA) is 58.9 Å². The number of hydrogen-bond acceptors (Lipinski definition) is 4. The molecule has 0 rings (SSSR count). The molecule has 0 aromatic carbocycles. The third-order valence-electron chi connectivity index (χ3n) is 1.18. The second-order valence-electron chi connectivity index (χ2n) is 2.34. The van der Waals surface area contributed by atoms with Crippen LogP contribution in [0.4, 0.5) is 0 Å². The van der Waals surface area contributed by atoms with E-state index in [1.165, 1.54) is 0 Å². The maximum absolute atomic E-state index is 8.26. The van der Waals surface area contributed by atoms with E-state index in [0.29, 0.717) is 26.4 Å². The van der Waals surface area contributed by atoms with Gasteiger partial charge in [-0.3, -0.25) is 0 Å². The Morgan fingerprint density at radius 2 is 1.14 bits per heavy atom. The van der Waals surface area contributed by atoms with Crippen LogP contribution < -0.4 is 0 Å². The number of aliphatic hydroxyl groups is 2. The lowest BCUT2D eigenvalue weighted by Gasteiger charge is -2.01. The van der Waals surface area contributed by atoms with Gasteiger partial charge in [0.15, 0.2) is 0 Å². The number of allylic oxidation sites excluding steroid dienone is 2. The molecule has 14 heavy (non-hydrogen) atoms. The standard InChI is InChI=1S/C6H14O4.C4H8/c7-1-3-9-5-6-10-4-2-8;1-3-4-2/h7-8H,1-6H2;3-4H,1-2H3/b;4-3+. The maximum Gasteiger partial charge on any atom is 0.0701 e. The fourth-order valence-electron chi connectivity index (χ4n) is 0.451. The van der Waals surface area contributed by atoms with Crippen LogP contribution in [0.3, 0.4) is 0 Å². The normalized spacial score (nSPS) is 10.0. The van der Waals surface area contributed by atoms with Gasteiger partial charge in [0, 0.05) is 0 Å². The van der Waals surface area contributed by atoms with Crippen molar-refractivity contribution in [3.63, 3.8) is 0 Å². The molecule has 2 N–H and O–H groups in total. The van der Waals surface area contributed by atoms with Gasteiger partial charge in [-0.2, -0.15) is 0 Å². The van der Waals surface area contributed by atoms with Gasteiger partial charge in [0.2, 0.25) is 0 Å². The van der Waals surface area contributed by atoms with E-state index in [4.69, 9.17) is 19.7 Å². The van der Waals surface area contributed by atoms with Crippen molar-refractivity contribution in [2.45, 2.75) is 13.8 Å². The van der Waals surface area contributed by atoms with E-state index in [-0.39, 0.29) is 13.2 Å². The second kappa shape index (κ2) is 18.4. The van der Waals surface area contributed by atoms with Gasteiger partial charge < -0.3 is 19.7 Å². The molecule has 0 amide bonds. The lowest BCUT2D eigenvalue weighted by Crippen LogP contribution is -2.09. The van der Waals surface area contributed by atoms with Crippen LogP contribution in [0.15, 0.2) is 12.2 Å². The van der Waals surface area contributed by atoms with Gasteiger partial charge >= 0.3 is 0 Å². The van der Waals surface area contributed by atoms with Gasteiger partial charge in [-0.25, -0.2) is 0 Å². The molecule has 0 saturated heterocycles. The summed E-state index contributed by atoms with van der Waals surface area (Å²) < 4.78 is 9.75. The van der Waals surface area contributed by atoms with Crippen molar-refractivity contribution in [3.8, 4) is 0 Å². The van der Waals surface area contributed by atoms with Crippen LogP contribution in [-0.4, -0.2) is 49.9 Å². The highest BCUT2D eigenvalue weighted by Crippen LogP contribution is 1.76. The molecule has 0 aliphatic rings. The van der Waals surface area contributed by atoms with Crippen LogP contribution in [-0.2, 0) is 9.47 Å². The molecule has 0 spiro atoms. The lowest BCUT2D eigenvalue weighted by molar-refractivity contribution is 0.0222. The van der Waals surface area contributed by atoms with Gasteiger partial charge in [0.1, 0.15) is 0 Å². The molecule has 0 saturated carbocycles. The first-order valence-corrected chi connectivity index (χ1v) is 4.78. The quantitative estimate of drug-likeness (QED) is 0.473. The molecule has 0 aliphatic heterocycles. The minimum Gasteiger partial charge on any atom is -0.394 e. The van der Waals surface area contributed by atoms with Crippen molar-refractivity contribution in [2.75, 3.05) is 39.6 Å². The first kappa shape index (κ1) is 16.0. The number of hydrogen-bond donors (Lipinski definition) is 2. The summed E-state index contributed by atoms with van der Waals surface area (Å²) in [5.74, 6) is 0. The number of ether oxygens (including phenoxy) is 2. The molecule has 0 fully saturated rings. The first-order chi connectivity index (χ1) is 6.83. The van der Waals surface area contributed by atoms with E-state index in [9.17, 15) is 0 Å². The lowest BCUT2D eigenvalue weighted by atomic mass is 10.6. The Bertz CT molecular complexity index is 92.3. The van der Waals surface area contributed by atoms with Gasteiger partial charge in [-0.15, -0.1) is 0 Å². The molecule has 0 bridgehead atoms. The summed E-state index contributed by atoms with van der Waals surface area (Å²) >= 11 is 0. The van der Waals surface area contributed by atoms with E-state index in [0.717, 1.165) is 0 Å². The van der Waals surface area contributed by atoms with E-state index in [2.05, 4.69) is 0 Å². The van der Waals surface area contributed by atoms with Crippen molar-refractivity contribution < 1.29 is 19.7 Å². The summed E-state index contributed by atoms with van der Waals surface area (Å²) in [7, 11) is 0. The van der Waals surface area contributed by atoms with Crippen LogP contribution in [0.25, 0.3) is 0 Å². The minimum atomic E-state index is 0.0417. The third-order valence-corrected chi connectivity index (χ3v) is 1.18. The predicted molar refractivity (Wildman–Crippen MR) is 56.3 cm³/mol. The van der Waals surface area contributed by atoms with Crippen molar-refractivity contribution in [2.24, 2.45) is 0 Å². The molecular formula is C10H22O4. The second-order valence-corrected chi connectivity index (χ2v) is 2.34. The van der Waals surface area contributed by atoms with Crippen LogP contribution in [0.5, 0.6) is 0 Å². The summed E-state index contributed by atoms with van der Waals surface area (Å²) in [6, 6.07) is 0. The van der Waals surface area contributed by atoms with Gasteiger partial charge in [-0.05, 0) is 13.8 Å². The Hall–Kier alpha value is -0.420. The Labute approximate surface area is 86.2 Å². The van der Waals surface area contributed by atoms with E-state index < -0.39 is 0 Å². The minimum absolute atomic E-state index is 0.0417. The third kappa shape index (κ3) is 22.6. The molecule has 4 nitrogen and oxygen atoms in total. The van der Waals surface area contributed by atoms with Gasteiger partial charge in [-0.1, -0.05) is 12.2 Å². The molecule has 0 heterocycles. The molecule has 0 unspecified atom stereocenters. The Balaban J connectivity index is 0. The molecule has 86 valence electrons. The average Bonchev–Trinajstić information content (AvgIpc) is 2.24. The smallest absolute Gasteiger partial charge is 0.0701 e. The Morgan fingerprint density at radius 1 is 0.786 bits per heavy atom. The monoisotopic (exact) mass is 206 g/mol. The van der Waals surface area contributed by atoms with E-state index >= 15 is 0 Å². The SMILES string of the molecule is C/C=C/C.OCCOCCOCCO. The highest BCUT2D eigenvalue weighted by molar-refractivity contribution is 4.68. The van der Waals surface area contributed by atoms with E-state index in [1.54, 1.807) is 0 Å². The molecule has 0 aromatic rings. The molecule has 0 aliphatic carbocycles. The summed E-state index contributed by atoms with van der Waals surface area (Å²) in [6.07, 6.45) is 4.00. The zero-order valence-electron chi connectivity index (χ0n) is 9.11. The summed E-state index contributed by atoms with van der Waals surface area (Å²) in [6.45, 7) is 5.73. The van der Waals surface area contributed by atoms with Crippen LogP contribution >= 0.6 is 0 Å². The fraction of sp³-hybridized carbons (Fsp3) is 0.800. The Morgan fingerprint density at radius 3 is 1.36 bits per heavy atom. The van der Waals surface area contributed by atoms with Gasteiger partial charge in [0.25, 0.3) is 0 Å². The van der Waals surface area contributed by atoms with Crippen molar-refractivity contribution in [3.05, 3.63) is 12.2 Å². The zero-order chi connectivity index (χ0) is 11.1. The Kier molecular flexibility index (Phi) is 21.0. The van der Waals surface area contributed by atoms with E-state index in [1.807, 2.05) is 26.0 Å². The van der Waals surface area contributed by atoms with Crippen molar-refractivity contribution >= 4 is 0 Å². The maximum atomic E-state index is 8.26. The van der Waals surface area contributed by atoms with Crippen LogP contribution in [0, 0.1) is 0 Å².